The van der Waals surface area contributed by atoms with E-state index in [0.717, 1.165) is 23.1 Å². The molecule has 11 heteroatoms. The third-order valence-corrected chi connectivity index (χ3v) is 6.19. The number of carbonyl (C=O) groups excluding carboxylic acids is 1. The minimum absolute atomic E-state index is 0.0569. The fraction of sp³-hybridized carbons (Fsp3) is 0.238. The predicted molar refractivity (Wildman–Crippen MR) is 114 cm³/mol. The summed E-state index contributed by atoms with van der Waals surface area (Å²) in [6.07, 6.45) is 1.76. The van der Waals surface area contributed by atoms with Crippen molar-refractivity contribution in [3.05, 3.63) is 53.5 Å². The molecule has 166 valence electrons. The van der Waals surface area contributed by atoms with Crippen LogP contribution in [0, 0.1) is 5.82 Å². The first-order valence-electron chi connectivity index (χ1n) is 9.50. The zero-order valence-electron chi connectivity index (χ0n) is 17.2. The highest BCUT2D eigenvalue weighted by Gasteiger charge is 2.32. The summed E-state index contributed by atoms with van der Waals surface area (Å²) in [6.45, 7) is 0. The van der Waals surface area contributed by atoms with E-state index < -0.39 is 32.6 Å². The topological polar surface area (TPSA) is 134 Å². The van der Waals surface area contributed by atoms with E-state index in [0.29, 0.717) is 28.5 Å². The Kier molecular flexibility index (Phi) is 5.61. The molecule has 0 saturated carbocycles. The Hall–Kier alpha value is -3.44. The number of benzene rings is 1. The number of aliphatic imine (C=N–C) groups is 1. The number of carbonyl (C=O) groups is 1. The van der Waals surface area contributed by atoms with Crippen LogP contribution in [0.1, 0.15) is 23.5 Å². The van der Waals surface area contributed by atoms with E-state index in [2.05, 4.69) is 15.0 Å². The second-order valence-electron chi connectivity index (χ2n) is 7.20. The van der Waals surface area contributed by atoms with Gasteiger partial charge in [0.15, 0.2) is 5.65 Å². The Labute approximate surface area is 183 Å². The van der Waals surface area contributed by atoms with E-state index in [1.807, 2.05) is 0 Å². The first-order chi connectivity index (χ1) is 15.2. The van der Waals surface area contributed by atoms with Crippen LogP contribution in [0.2, 0.25) is 0 Å². The van der Waals surface area contributed by atoms with Crippen LogP contribution >= 0.6 is 0 Å². The number of halogens is 1. The molecule has 0 bridgehead atoms. The number of esters is 1. The van der Waals surface area contributed by atoms with Gasteiger partial charge in [-0.15, -0.1) is 0 Å². The van der Waals surface area contributed by atoms with Gasteiger partial charge in [-0.3, -0.25) is 9.79 Å². The molecule has 2 aromatic heterocycles. The summed E-state index contributed by atoms with van der Waals surface area (Å²) in [7, 11) is -1.39. The van der Waals surface area contributed by atoms with Crippen LogP contribution < -0.4 is 9.88 Å². The van der Waals surface area contributed by atoms with Gasteiger partial charge in [-0.05, 0) is 35.7 Å². The summed E-state index contributed by atoms with van der Waals surface area (Å²) in [6, 6.07) is 7.24. The van der Waals surface area contributed by atoms with Crippen molar-refractivity contribution in [2.45, 2.75) is 23.7 Å². The number of fused-ring (bicyclic) bond motifs is 3. The number of nitrogens with two attached hydrogens (primary N) is 1. The van der Waals surface area contributed by atoms with Crippen molar-refractivity contribution in [2.75, 3.05) is 14.2 Å². The van der Waals surface area contributed by atoms with Crippen molar-refractivity contribution in [3.63, 3.8) is 0 Å². The van der Waals surface area contributed by atoms with Crippen molar-refractivity contribution < 1.29 is 27.1 Å². The average Bonchev–Trinajstić information content (AvgIpc) is 3.09. The van der Waals surface area contributed by atoms with Gasteiger partial charge in [0.1, 0.15) is 10.7 Å². The van der Waals surface area contributed by atoms with E-state index in [1.54, 1.807) is 18.3 Å². The molecule has 1 unspecified atom stereocenters. The highest BCUT2D eigenvalue weighted by atomic mass is 32.2. The highest BCUT2D eigenvalue weighted by molar-refractivity contribution is 7.89. The fourth-order valence-corrected chi connectivity index (χ4v) is 4.37. The molecule has 3 aromatic rings. The Bertz CT molecular complexity index is 1370. The Morgan fingerprint density at radius 1 is 1.22 bits per heavy atom. The number of nitrogens with zero attached hydrogens (tertiary/aromatic N) is 3. The number of hydrogen-bond donors (Lipinski definition) is 1. The van der Waals surface area contributed by atoms with E-state index >= 15 is 0 Å². The van der Waals surface area contributed by atoms with Gasteiger partial charge in [0, 0.05) is 23.1 Å². The first kappa shape index (κ1) is 21.8. The second-order valence-corrected chi connectivity index (χ2v) is 8.73. The maximum atomic E-state index is 14.4. The van der Waals surface area contributed by atoms with Crippen LogP contribution in [0.5, 0.6) is 5.88 Å². The lowest BCUT2D eigenvalue weighted by molar-refractivity contribution is -0.139. The summed E-state index contributed by atoms with van der Waals surface area (Å²) in [4.78, 5) is 24.7. The largest absolute Gasteiger partial charge is 0.481 e. The Morgan fingerprint density at radius 2 is 2.00 bits per heavy atom. The smallest absolute Gasteiger partial charge is 0.311 e. The van der Waals surface area contributed by atoms with Crippen molar-refractivity contribution in [3.8, 4) is 5.88 Å². The summed E-state index contributed by atoms with van der Waals surface area (Å²) in [5, 5.41) is 5.77. The lowest BCUT2D eigenvalue weighted by Crippen LogP contribution is -2.18. The van der Waals surface area contributed by atoms with Gasteiger partial charge < -0.3 is 9.47 Å². The maximum absolute atomic E-state index is 14.4. The molecular formula is C21H19FN4O5S. The molecule has 0 radical (unpaired) electrons. The van der Waals surface area contributed by atoms with Gasteiger partial charge in [0.25, 0.3) is 0 Å². The fourth-order valence-electron chi connectivity index (χ4n) is 3.78. The molecule has 1 aliphatic rings. The third-order valence-electron chi connectivity index (χ3n) is 5.24. The van der Waals surface area contributed by atoms with Crippen LogP contribution in [0.3, 0.4) is 0 Å². The normalized spacial score (nSPS) is 15.4. The number of aromatic nitrogens is 2. The number of methoxy groups -OCH3 is 2. The van der Waals surface area contributed by atoms with E-state index in [9.17, 15) is 17.6 Å². The summed E-state index contributed by atoms with van der Waals surface area (Å²) >= 11 is 0. The number of ether oxygens (including phenoxy) is 2. The molecule has 1 aromatic carbocycles. The molecule has 9 nitrogen and oxygen atoms in total. The lowest BCUT2D eigenvalue weighted by Gasteiger charge is -2.17. The van der Waals surface area contributed by atoms with Crippen molar-refractivity contribution >= 4 is 38.4 Å². The standard InChI is InChI=1S/C21H19FN4O5S/c1-30-18-6-4-12-20-13(7-11-3-5-17(14(22)8-11)32(23,28)29)15(9-19(27)31-2)25-16(20)10-24-21(12)26-18/h3-6,8,10,13H,7,9H2,1-2H3,(H2,23,28,29). The van der Waals surface area contributed by atoms with Gasteiger partial charge >= 0.3 is 5.97 Å². The van der Waals surface area contributed by atoms with Crippen molar-refractivity contribution in [1.82, 2.24) is 9.97 Å². The monoisotopic (exact) mass is 458 g/mol. The maximum Gasteiger partial charge on any atom is 0.311 e. The molecule has 2 N–H and O–H groups in total. The number of primary sulfonamides is 1. The molecule has 4 rings (SSSR count). The number of sulfonamides is 1. The van der Waals surface area contributed by atoms with Crippen molar-refractivity contribution in [2.24, 2.45) is 10.1 Å². The molecule has 32 heavy (non-hydrogen) atoms. The quantitative estimate of drug-likeness (QED) is 0.561. The first-order valence-corrected chi connectivity index (χ1v) is 11.0. The zero-order chi connectivity index (χ0) is 23.0. The van der Waals surface area contributed by atoms with Gasteiger partial charge in [0.2, 0.25) is 15.9 Å². The molecule has 1 aliphatic heterocycles. The van der Waals surface area contributed by atoms with E-state index in [-0.39, 0.29) is 12.8 Å². The Morgan fingerprint density at radius 3 is 2.66 bits per heavy atom. The summed E-state index contributed by atoms with van der Waals surface area (Å²) < 4.78 is 47.4. The molecular weight excluding hydrogens is 439 g/mol. The van der Waals surface area contributed by atoms with Gasteiger partial charge in [0.05, 0.1) is 32.5 Å². The minimum atomic E-state index is -4.18. The number of pyridine rings is 2. The van der Waals surface area contributed by atoms with Gasteiger partial charge in [-0.2, -0.15) is 4.98 Å². The molecule has 1 atom stereocenters. The van der Waals surface area contributed by atoms with Crippen LogP contribution in [0.4, 0.5) is 10.1 Å². The molecule has 0 saturated heterocycles. The molecule has 0 aliphatic carbocycles. The SMILES string of the molecule is COC(=O)CC1=Nc2cnc3nc(OC)ccc3c2C1Cc1ccc(S(N)(=O)=O)c(F)c1. The lowest BCUT2D eigenvalue weighted by atomic mass is 9.87. The Balaban J connectivity index is 1.79. The van der Waals surface area contributed by atoms with Gasteiger partial charge in [-0.1, -0.05) is 6.07 Å². The minimum Gasteiger partial charge on any atom is -0.481 e. The number of hydrogen-bond acceptors (Lipinski definition) is 8. The number of rotatable bonds is 6. The van der Waals surface area contributed by atoms with Crippen LogP contribution in [-0.2, 0) is 26.0 Å². The van der Waals surface area contributed by atoms with Crippen LogP contribution in [0.15, 0.2) is 46.4 Å². The predicted octanol–water partition coefficient (Wildman–Crippen LogP) is 2.40. The zero-order valence-corrected chi connectivity index (χ0v) is 18.0. The van der Waals surface area contributed by atoms with Crippen molar-refractivity contribution in [1.29, 1.82) is 0 Å². The molecule has 0 spiro atoms. The summed E-state index contributed by atoms with van der Waals surface area (Å²) in [5.41, 5.74) is 2.86. The molecule has 0 amide bonds. The second kappa shape index (κ2) is 8.24. The van der Waals surface area contributed by atoms with E-state index in [1.165, 1.54) is 20.3 Å². The molecule has 0 fully saturated rings. The third kappa shape index (κ3) is 4.04. The van der Waals surface area contributed by atoms with Crippen LogP contribution in [0.25, 0.3) is 11.0 Å². The summed E-state index contributed by atoms with van der Waals surface area (Å²) in [5.74, 6) is -1.41. The van der Waals surface area contributed by atoms with Gasteiger partial charge in [-0.25, -0.2) is 22.9 Å². The van der Waals surface area contributed by atoms with E-state index in [4.69, 9.17) is 14.6 Å². The highest BCUT2D eigenvalue weighted by Crippen LogP contribution is 2.42. The molecule has 3 heterocycles. The average molecular weight is 458 g/mol. The van der Waals surface area contributed by atoms with Crippen LogP contribution in [-0.4, -0.2) is 44.3 Å².